The largest absolute Gasteiger partial charge is 0.482 e. The molecule has 0 aromatic heterocycles. The van der Waals surface area contributed by atoms with E-state index in [1.165, 1.54) is 0 Å². The maximum Gasteiger partial charge on any atom is 0.341 e. The highest BCUT2D eigenvalue weighted by Gasteiger charge is 2.18. The molecule has 0 saturated heterocycles. The van der Waals surface area contributed by atoms with E-state index < -0.39 is 12.6 Å². The lowest BCUT2D eigenvalue weighted by Crippen LogP contribution is -2.30. The summed E-state index contributed by atoms with van der Waals surface area (Å²) >= 11 is 0. The highest BCUT2D eigenvalue weighted by molar-refractivity contribution is 5.94. The van der Waals surface area contributed by atoms with Gasteiger partial charge in [-0.2, -0.15) is 0 Å². The lowest BCUT2D eigenvalue weighted by Gasteiger charge is -2.21. The fourth-order valence-corrected chi connectivity index (χ4v) is 2.63. The monoisotopic (exact) mass is 357 g/mol. The van der Waals surface area contributed by atoms with Gasteiger partial charge in [-0.05, 0) is 42.8 Å². The Labute approximate surface area is 150 Å². The third kappa shape index (κ3) is 4.05. The van der Waals surface area contributed by atoms with Crippen LogP contribution < -0.4 is 14.2 Å². The van der Waals surface area contributed by atoms with E-state index in [1.807, 2.05) is 25.1 Å². The zero-order chi connectivity index (χ0) is 18.5. The molecule has 1 aliphatic rings. The van der Waals surface area contributed by atoms with E-state index in [0.717, 1.165) is 5.56 Å². The topological polar surface area (TPSA) is 85.3 Å². The second-order valence-electron chi connectivity index (χ2n) is 5.72. The van der Waals surface area contributed by atoms with Crippen LogP contribution in [0.25, 0.3) is 0 Å². The standard InChI is InChI=1S/C19H19NO6/c1-2-20(10-13-6-7-16-17(8-13)26-12-25-16)19(23)14-4-3-5-15(9-14)24-11-18(21)22/h3-9H,2,10-12H2,1H3,(H,21,22). The molecule has 3 rings (SSSR count). The molecule has 136 valence electrons. The SMILES string of the molecule is CCN(Cc1ccc2c(c1)OCO2)C(=O)c1cccc(OCC(=O)O)c1. The Morgan fingerprint density at radius 2 is 1.96 bits per heavy atom. The molecule has 1 aliphatic heterocycles. The third-order valence-corrected chi connectivity index (χ3v) is 3.92. The first-order chi connectivity index (χ1) is 12.6. The van der Waals surface area contributed by atoms with Gasteiger partial charge in [0, 0.05) is 18.7 Å². The average molecular weight is 357 g/mol. The number of carboxylic acids is 1. The normalized spacial score (nSPS) is 11.9. The molecule has 1 N–H and O–H groups in total. The number of fused-ring (bicyclic) bond motifs is 1. The molecule has 0 aliphatic carbocycles. The van der Waals surface area contributed by atoms with Crippen molar-refractivity contribution in [1.29, 1.82) is 0 Å². The van der Waals surface area contributed by atoms with E-state index in [2.05, 4.69) is 0 Å². The fraction of sp³-hybridized carbons (Fsp3) is 0.263. The Bertz CT molecular complexity index is 819. The highest BCUT2D eigenvalue weighted by atomic mass is 16.7. The zero-order valence-corrected chi connectivity index (χ0v) is 14.3. The van der Waals surface area contributed by atoms with E-state index in [0.29, 0.717) is 35.9 Å². The number of carbonyl (C=O) groups excluding carboxylic acids is 1. The van der Waals surface area contributed by atoms with Crippen molar-refractivity contribution >= 4 is 11.9 Å². The Balaban J connectivity index is 1.72. The van der Waals surface area contributed by atoms with Gasteiger partial charge in [0.1, 0.15) is 5.75 Å². The van der Waals surface area contributed by atoms with Crippen molar-refractivity contribution in [3.05, 3.63) is 53.6 Å². The molecule has 7 nitrogen and oxygen atoms in total. The molecule has 0 spiro atoms. The predicted molar refractivity (Wildman–Crippen MR) is 92.6 cm³/mol. The van der Waals surface area contributed by atoms with E-state index in [9.17, 15) is 9.59 Å². The van der Waals surface area contributed by atoms with Crippen LogP contribution in [0, 0.1) is 0 Å². The van der Waals surface area contributed by atoms with Crippen molar-refractivity contribution in [2.24, 2.45) is 0 Å². The van der Waals surface area contributed by atoms with Crippen LogP contribution in [0.2, 0.25) is 0 Å². The molecule has 7 heteroatoms. The van der Waals surface area contributed by atoms with Crippen LogP contribution in [0.5, 0.6) is 17.2 Å². The van der Waals surface area contributed by atoms with Crippen molar-refractivity contribution in [3.63, 3.8) is 0 Å². The van der Waals surface area contributed by atoms with Gasteiger partial charge < -0.3 is 24.2 Å². The fourth-order valence-electron chi connectivity index (χ4n) is 2.63. The molecular weight excluding hydrogens is 338 g/mol. The maximum absolute atomic E-state index is 12.8. The Kier molecular flexibility index (Phi) is 5.26. The maximum atomic E-state index is 12.8. The van der Waals surface area contributed by atoms with Crippen molar-refractivity contribution in [3.8, 4) is 17.2 Å². The summed E-state index contributed by atoms with van der Waals surface area (Å²) in [7, 11) is 0. The van der Waals surface area contributed by atoms with E-state index >= 15 is 0 Å². The summed E-state index contributed by atoms with van der Waals surface area (Å²) in [5.74, 6) is 0.490. The lowest BCUT2D eigenvalue weighted by atomic mass is 10.1. The summed E-state index contributed by atoms with van der Waals surface area (Å²) in [4.78, 5) is 25.1. The van der Waals surface area contributed by atoms with Crippen molar-refractivity contribution in [2.45, 2.75) is 13.5 Å². The summed E-state index contributed by atoms with van der Waals surface area (Å²) in [5, 5.41) is 8.69. The molecule has 0 atom stereocenters. The first-order valence-corrected chi connectivity index (χ1v) is 8.19. The molecule has 0 unspecified atom stereocenters. The second kappa shape index (κ2) is 7.77. The molecule has 2 aromatic rings. The van der Waals surface area contributed by atoms with Gasteiger partial charge in [-0.15, -0.1) is 0 Å². The van der Waals surface area contributed by atoms with Gasteiger partial charge >= 0.3 is 5.97 Å². The van der Waals surface area contributed by atoms with Crippen LogP contribution >= 0.6 is 0 Å². The van der Waals surface area contributed by atoms with Gasteiger partial charge in [0.05, 0.1) is 0 Å². The molecular formula is C19H19NO6. The summed E-state index contributed by atoms with van der Waals surface area (Å²) in [5.41, 5.74) is 1.37. The number of nitrogens with zero attached hydrogens (tertiary/aromatic N) is 1. The van der Waals surface area contributed by atoms with E-state index in [1.54, 1.807) is 29.2 Å². The number of hydrogen-bond donors (Lipinski definition) is 1. The number of aliphatic carboxylic acids is 1. The molecule has 2 aromatic carbocycles. The molecule has 1 amide bonds. The number of ether oxygens (including phenoxy) is 3. The lowest BCUT2D eigenvalue weighted by molar-refractivity contribution is -0.139. The average Bonchev–Trinajstić information content (AvgIpc) is 3.12. The van der Waals surface area contributed by atoms with Gasteiger partial charge in [-0.25, -0.2) is 4.79 Å². The Morgan fingerprint density at radius 3 is 2.73 bits per heavy atom. The first-order valence-electron chi connectivity index (χ1n) is 8.19. The van der Waals surface area contributed by atoms with Crippen LogP contribution in [0.4, 0.5) is 0 Å². The third-order valence-electron chi connectivity index (χ3n) is 3.92. The minimum Gasteiger partial charge on any atom is -0.482 e. The van der Waals surface area contributed by atoms with Crippen molar-refractivity contribution < 1.29 is 28.9 Å². The summed E-state index contributed by atoms with van der Waals surface area (Å²) in [6, 6.07) is 12.1. The summed E-state index contributed by atoms with van der Waals surface area (Å²) in [6.07, 6.45) is 0. The van der Waals surface area contributed by atoms with Crippen LogP contribution in [-0.4, -0.2) is 41.8 Å². The van der Waals surface area contributed by atoms with Crippen LogP contribution in [0.1, 0.15) is 22.8 Å². The predicted octanol–water partition coefficient (Wildman–Crippen LogP) is 2.54. The van der Waals surface area contributed by atoms with Gasteiger partial charge in [0.15, 0.2) is 18.1 Å². The number of hydrogen-bond acceptors (Lipinski definition) is 5. The number of carboxylic acid groups (broad SMARTS) is 1. The Morgan fingerprint density at radius 1 is 1.15 bits per heavy atom. The molecule has 1 heterocycles. The van der Waals surface area contributed by atoms with Gasteiger partial charge in [-0.1, -0.05) is 12.1 Å². The second-order valence-corrected chi connectivity index (χ2v) is 5.72. The molecule has 0 bridgehead atoms. The van der Waals surface area contributed by atoms with Crippen LogP contribution in [0.15, 0.2) is 42.5 Å². The minimum absolute atomic E-state index is 0.161. The van der Waals surface area contributed by atoms with E-state index in [-0.39, 0.29) is 12.7 Å². The number of benzene rings is 2. The van der Waals surface area contributed by atoms with Crippen LogP contribution in [0.3, 0.4) is 0 Å². The summed E-state index contributed by atoms with van der Waals surface area (Å²) in [6.45, 7) is 2.60. The van der Waals surface area contributed by atoms with Gasteiger partial charge in [-0.3, -0.25) is 4.79 Å². The highest BCUT2D eigenvalue weighted by Crippen LogP contribution is 2.32. The van der Waals surface area contributed by atoms with Gasteiger partial charge in [0.2, 0.25) is 6.79 Å². The molecule has 0 radical (unpaired) electrons. The van der Waals surface area contributed by atoms with Crippen LogP contribution in [-0.2, 0) is 11.3 Å². The number of carbonyl (C=O) groups is 2. The number of amides is 1. The number of rotatable bonds is 7. The zero-order valence-electron chi connectivity index (χ0n) is 14.3. The molecule has 26 heavy (non-hydrogen) atoms. The first kappa shape index (κ1) is 17.6. The molecule has 0 fully saturated rings. The van der Waals surface area contributed by atoms with Crippen molar-refractivity contribution in [2.75, 3.05) is 19.9 Å². The quantitative estimate of drug-likeness (QED) is 0.820. The smallest absolute Gasteiger partial charge is 0.341 e. The molecule has 0 saturated carbocycles. The van der Waals surface area contributed by atoms with Gasteiger partial charge in [0.25, 0.3) is 5.91 Å². The van der Waals surface area contributed by atoms with E-state index in [4.69, 9.17) is 19.3 Å². The van der Waals surface area contributed by atoms with Crippen molar-refractivity contribution in [1.82, 2.24) is 4.90 Å². The Hall–Kier alpha value is -3.22. The minimum atomic E-state index is -1.07. The summed E-state index contributed by atoms with van der Waals surface area (Å²) < 4.78 is 15.8.